The number of benzene rings is 1. The second kappa shape index (κ2) is 7.10. The first-order chi connectivity index (χ1) is 15.6. The first-order valence-electron chi connectivity index (χ1n) is 14.0. The molecule has 0 radical (unpaired) electrons. The fourth-order valence-corrected chi connectivity index (χ4v) is 11.6. The third-order valence-electron chi connectivity index (χ3n) is 11.5. The van der Waals surface area contributed by atoms with Crippen LogP contribution in [0.25, 0.3) is 12.2 Å². The summed E-state index contributed by atoms with van der Waals surface area (Å²) in [4.78, 5) is 0. The van der Waals surface area contributed by atoms with Crippen LogP contribution in [0.2, 0.25) is 0 Å². The molecule has 0 heteroatoms. The maximum Gasteiger partial charge on any atom is -0.00708 e. The Morgan fingerprint density at radius 1 is 0.625 bits per heavy atom. The zero-order valence-corrected chi connectivity index (χ0v) is 20.4. The molecule has 0 nitrogen and oxygen atoms in total. The molecule has 8 saturated carbocycles. The first kappa shape index (κ1) is 20.1. The summed E-state index contributed by atoms with van der Waals surface area (Å²) in [6.45, 7) is 4.34. The maximum atomic E-state index is 2.61. The molecule has 32 heavy (non-hydrogen) atoms. The van der Waals surface area contributed by atoms with Gasteiger partial charge in [0.15, 0.2) is 0 Å². The highest BCUT2D eigenvalue weighted by Crippen LogP contribution is 2.78. The van der Waals surface area contributed by atoms with Crippen molar-refractivity contribution in [3.63, 3.8) is 0 Å². The molecule has 8 aliphatic rings. The Bertz CT molecular complexity index is 881. The van der Waals surface area contributed by atoms with E-state index in [4.69, 9.17) is 0 Å². The molecule has 8 aliphatic carbocycles. The molecule has 1 aromatic carbocycles. The number of hydrogen-bond acceptors (Lipinski definition) is 0. The van der Waals surface area contributed by atoms with Gasteiger partial charge >= 0.3 is 0 Å². The molecule has 3 atom stereocenters. The number of rotatable bonds is 4. The van der Waals surface area contributed by atoms with Crippen LogP contribution in [0.5, 0.6) is 0 Å². The van der Waals surface area contributed by atoms with Gasteiger partial charge in [0.1, 0.15) is 0 Å². The molecule has 8 fully saturated rings. The zero-order valence-electron chi connectivity index (χ0n) is 20.4. The lowest BCUT2D eigenvalue weighted by molar-refractivity contribution is -0.211. The third-order valence-corrected chi connectivity index (χ3v) is 11.5. The molecule has 0 N–H and O–H groups in total. The van der Waals surface area contributed by atoms with Gasteiger partial charge in [-0.05, 0) is 159 Å². The number of allylic oxidation sites excluding steroid dienone is 2. The Balaban J connectivity index is 1.39. The second-order valence-corrected chi connectivity index (χ2v) is 13.4. The van der Waals surface area contributed by atoms with E-state index in [9.17, 15) is 0 Å². The summed E-state index contributed by atoms with van der Waals surface area (Å²) < 4.78 is 0. The number of hydrogen-bond donors (Lipinski definition) is 0. The van der Waals surface area contributed by atoms with Crippen LogP contribution in [0.4, 0.5) is 0 Å². The molecule has 0 amide bonds. The summed E-state index contributed by atoms with van der Waals surface area (Å²) in [7, 11) is 0. The Kier molecular flexibility index (Phi) is 4.46. The topological polar surface area (TPSA) is 0 Å². The molecule has 170 valence electrons. The van der Waals surface area contributed by atoms with E-state index in [-0.39, 0.29) is 0 Å². The SMILES string of the molecule is CC=Cc1cc(C=CC)cc(C2C3CC4CC(C3)CC2(C23CC5CC(CC(C5)C2)C3)C4)c1. The summed E-state index contributed by atoms with van der Waals surface area (Å²) in [6, 6.07) is 7.63. The predicted octanol–water partition coefficient (Wildman–Crippen LogP) is 8.88. The lowest BCUT2D eigenvalue weighted by Gasteiger charge is -2.73. The average Bonchev–Trinajstić information content (AvgIpc) is 2.72. The van der Waals surface area contributed by atoms with Crippen molar-refractivity contribution in [2.75, 3.05) is 0 Å². The maximum absolute atomic E-state index is 2.61. The van der Waals surface area contributed by atoms with Crippen LogP contribution in [-0.4, -0.2) is 0 Å². The van der Waals surface area contributed by atoms with Crippen LogP contribution in [0, 0.1) is 46.3 Å². The Hall–Kier alpha value is -1.30. The van der Waals surface area contributed by atoms with Gasteiger partial charge in [-0.15, -0.1) is 0 Å². The highest BCUT2D eigenvalue weighted by Gasteiger charge is 2.68. The largest absolute Gasteiger partial charge is 0.0871 e. The summed E-state index contributed by atoms with van der Waals surface area (Å²) in [6.07, 6.45) is 26.4. The molecule has 0 heterocycles. The van der Waals surface area contributed by atoms with Gasteiger partial charge in [-0.2, -0.15) is 0 Å². The van der Waals surface area contributed by atoms with E-state index in [1.165, 1.54) is 24.0 Å². The van der Waals surface area contributed by atoms with Crippen molar-refractivity contribution < 1.29 is 0 Å². The van der Waals surface area contributed by atoms with E-state index in [1.54, 1.807) is 63.4 Å². The fourth-order valence-electron chi connectivity index (χ4n) is 11.6. The monoisotopic (exact) mass is 426 g/mol. The Morgan fingerprint density at radius 2 is 1.09 bits per heavy atom. The van der Waals surface area contributed by atoms with Gasteiger partial charge in [0.2, 0.25) is 0 Å². The van der Waals surface area contributed by atoms with Crippen LogP contribution in [0.1, 0.15) is 107 Å². The fraction of sp³-hybridized carbons (Fsp3) is 0.688. The van der Waals surface area contributed by atoms with E-state index in [2.05, 4.69) is 56.4 Å². The van der Waals surface area contributed by atoms with E-state index >= 15 is 0 Å². The van der Waals surface area contributed by atoms with Crippen LogP contribution in [-0.2, 0) is 0 Å². The molecule has 1 aromatic rings. The molecule has 8 bridgehead atoms. The minimum absolute atomic E-state index is 0.611. The van der Waals surface area contributed by atoms with Crippen LogP contribution in [0.3, 0.4) is 0 Å². The van der Waals surface area contributed by atoms with E-state index in [0.29, 0.717) is 10.8 Å². The van der Waals surface area contributed by atoms with Crippen molar-refractivity contribution >= 4 is 12.2 Å². The minimum atomic E-state index is 0.611. The molecule has 0 aromatic heterocycles. The summed E-state index contributed by atoms with van der Waals surface area (Å²) >= 11 is 0. The average molecular weight is 427 g/mol. The smallest absolute Gasteiger partial charge is 0.00708 e. The first-order valence-corrected chi connectivity index (χ1v) is 14.0. The quantitative estimate of drug-likeness (QED) is 0.451. The minimum Gasteiger partial charge on any atom is -0.0871 e. The lowest BCUT2D eigenvalue weighted by atomic mass is 9.32. The van der Waals surface area contributed by atoms with E-state index < -0.39 is 0 Å². The summed E-state index contributed by atoms with van der Waals surface area (Å²) in [5, 5.41) is 0. The third kappa shape index (κ3) is 2.80. The van der Waals surface area contributed by atoms with Crippen molar-refractivity contribution in [2.24, 2.45) is 46.3 Å². The van der Waals surface area contributed by atoms with Crippen LogP contribution < -0.4 is 0 Å². The van der Waals surface area contributed by atoms with Crippen molar-refractivity contribution in [1.29, 1.82) is 0 Å². The van der Waals surface area contributed by atoms with Crippen LogP contribution >= 0.6 is 0 Å². The standard InChI is InChI=1S/C32H42/c1-3-5-21-7-22(6-4-2)13-28(12-21)30-29-14-26-11-27(15-29)20-32(30,19-26)31-16-23-8-24(17-31)10-25(9-23)18-31/h3-7,12-13,23-27,29-30H,8-11,14-20H2,1-2H3. The van der Waals surface area contributed by atoms with Gasteiger partial charge in [0.25, 0.3) is 0 Å². The second-order valence-electron chi connectivity index (χ2n) is 13.4. The predicted molar refractivity (Wildman–Crippen MR) is 135 cm³/mol. The summed E-state index contributed by atoms with van der Waals surface area (Å²) in [5.74, 6) is 7.08. The summed E-state index contributed by atoms with van der Waals surface area (Å²) in [5.41, 5.74) is 5.85. The molecular formula is C32H42. The highest BCUT2D eigenvalue weighted by atomic mass is 14.7. The van der Waals surface area contributed by atoms with Gasteiger partial charge in [-0.1, -0.05) is 36.4 Å². The Morgan fingerprint density at radius 3 is 1.56 bits per heavy atom. The molecule has 0 saturated heterocycles. The molecule has 0 aliphatic heterocycles. The van der Waals surface area contributed by atoms with Crippen LogP contribution in [0.15, 0.2) is 30.4 Å². The van der Waals surface area contributed by atoms with Gasteiger partial charge in [0.05, 0.1) is 0 Å². The van der Waals surface area contributed by atoms with E-state index in [1.807, 2.05) is 0 Å². The van der Waals surface area contributed by atoms with Gasteiger partial charge < -0.3 is 0 Å². The van der Waals surface area contributed by atoms with Crippen molar-refractivity contribution in [1.82, 2.24) is 0 Å². The molecule has 3 unspecified atom stereocenters. The molecule has 0 spiro atoms. The van der Waals surface area contributed by atoms with Crippen molar-refractivity contribution in [3.05, 3.63) is 47.0 Å². The zero-order chi connectivity index (χ0) is 21.5. The Labute approximate surface area is 196 Å². The molecular weight excluding hydrogens is 384 g/mol. The highest BCUT2D eigenvalue weighted by molar-refractivity contribution is 5.60. The molecule has 9 rings (SSSR count). The van der Waals surface area contributed by atoms with E-state index in [0.717, 1.165) is 41.4 Å². The van der Waals surface area contributed by atoms with Gasteiger partial charge in [0, 0.05) is 0 Å². The van der Waals surface area contributed by atoms with Crippen molar-refractivity contribution in [3.8, 4) is 0 Å². The van der Waals surface area contributed by atoms with Crippen molar-refractivity contribution in [2.45, 2.75) is 90.4 Å². The van der Waals surface area contributed by atoms with Gasteiger partial charge in [-0.3, -0.25) is 0 Å². The van der Waals surface area contributed by atoms with Gasteiger partial charge in [-0.25, -0.2) is 0 Å². The lowest BCUT2D eigenvalue weighted by Crippen LogP contribution is -2.63. The normalized spacial score (nSPS) is 48.5.